The Morgan fingerprint density at radius 3 is 2.53 bits per heavy atom. The highest BCUT2D eigenvalue weighted by atomic mass is 32.1. The fourth-order valence-electron chi connectivity index (χ4n) is 4.22. The molecule has 36 heavy (non-hydrogen) atoms. The molecule has 0 unspecified atom stereocenters. The highest BCUT2D eigenvalue weighted by Crippen LogP contribution is 2.36. The van der Waals surface area contributed by atoms with Gasteiger partial charge in [0.05, 0.1) is 22.4 Å². The number of benzene rings is 2. The number of halogens is 3. The van der Waals surface area contributed by atoms with Crippen molar-refractivity contribution in [3.05, 3.63) is 81.3 Å². The van der Waals surface area contributed by atoms with Gasteiger partial charge in [-0.05, 0) is 50.5 Å². The number of anilines is 1. The third-order valence-electron chi connectivity index (χ3n) is 5.92. The van der Waals surface area contributed by atoms with Crippen LogP contribution in [-0.2, 0) is 15.7 Å². The maximum atomic E-state index is 13.9. The zero-order valence-electron chi connectivity index (χ0n) is 19.8. The van der Waals surface area contributed by atoms with Crippen molar-refractivity contribution in [2.75, 3.05) is 18.1 Å². The van der Waals surface area contributed by atoms with Gasteiger partial charge in [-0.25, -0.2) is 4.98 Å². The molecular formula is C26H26F3N3O3S. The maximum Gasteiger partial charge on any atom is 0.416 e. The summed E-state index contributed by atoms with van der Waals surface area (Å²) in [5, 5.41) is 3.49. The number of aromatic nitrogens is 1. The summed E-state index contributed by atoms with van der Waals surface area (Å²) in [6.07, 6.45) is -3.08. The van der Waals surface area contributed by atoms with Crippen LogP contribution in [0.15, 0.2) is 54.6 Å². The second-order valence-electron chi connectivity index (χ2n) is 8.56. The quantitative estimate of drug-likeness (QED) is 0.452. The SMILES string of the molecule is Cc1nc(C)c(C(=O)N(c2cccc(C(F)(F)F)c2)[C@@H](C(=O)NC[C@@H]2CCCO2)c2ccccc2)s1. The van der Waals surface area contributed by atoms with Gasteiger partial charge in [0.25, 0.3) is 5.91 Å². The molecule has 10 heteroatoms. The van der Waals surface area contributed by atoms with Crippen LogP contribution >= 0.6 is 11.3 Å². The van der Waals surface area contributed by atoms with Crippen molar-refractivity contribution in [1.29, 1.82) is 0 Å². The molecule has 1 aromatic heterocycles. The zero-order valence-corrected chi connectivity index (χ0v) is 20.7. The number of alkyl halides is 3. The van der Waals surface area contributed by atoms with Crippen molar-refractivity contribution in [3.8, 4) is 0 Å². The number of hydrogen-bond donors (Lipinski definition) is 1. The molecule has 2 aromatic carbocycles. The van der Waals surface area contributed by atoms with Crippen LogP contribution < -0.4 is 10.2 Å². The number of nitrogens with one attached hydrogen (secondary N) is 1. The second kappa shape index (κ2) is 10.8. The zero-order chi connectivity index (χ0) is 25.9. The summed E-state index contributed by atoms with van der Waals surface area (Å²) in [5.74, 6) is -1.11. The third kappa shape index (κ3) is 5.76. The summed E-state index contributed by atoms with van der Waals surface area (Å²) >= 11 is 1.14. The maximum absolute atomic E-state index is 13.9. The Labute approximate surface area is 211 Å². The molecule has 1 N–H and O–H groups in total. The number of carbonyl (C=O) groups is 2. The smallest absolute Gasteiger partial charge is 0.376 e. The lowest BCUT2D eigenvalue weighted by Gasteiger charge is -2.32. The standard InChI is InChI=1S/C26H26F3N3O3S/c1-16-23(36-17(2)31-16)25(34)32(20-11-6-10-19(14-20)26(27,28)29)22(18-8-4-3-5-9-18)24(33)30-15-21-12-7-13-35-21/h3-6,8-11,14,21-22H,7,12-13,15H2,1-2H3,(H,30,33)/t21-,22+/m0/s1. The van der Waals surface area contributed by atoms with Crippen molar-refractivity contribution in [1.82, 2.24) is 10.3 Å². The van der Waals surface area contributed by atoms with Gasteiger partial charge in [-0.1, -0.05) is 36.4 Å². The minimum Gasteiger partial charge on any atom is -0.376 e. The summed E-state index contributed by atoms with van der Waals surface area (Å²) in [4.78, 5) is 33.3. The molecule has 190 valence electrons. The monoisotopic (exact) mass is 517 g/mol. The van der Waals surface area contributed by atoms with E-state index in [0.717, 1.165) is 41.2 Å². The van der Waals surface area contributed by atoms with Crippen LogP contribution in [0.3, 0.4) is 0 Å². The van der Waals surface area contributed by atoms with Crippen molar-refractivity contribution in [2.24, 2.45) is 0 Å². The molecule has 0 radical (unpaired) electrons. The summed E-state index contributed by atoms with van der Waals surface area (Å²) in [6, 6.07) is 11.8. The summed E-state index contributed by atoms with van der Waals surface area (Å²) in [7, 11) is 0. The average molecular weight is 518 g/mol. The van der Waals surface area contributed by atoms with Crippen LogP contribution in [-0.4, -0.2) is 36.1 Å². The Hall–Kier alpha value is -3.24. The molecule has 3 aromatic rings. The topological polar surface area (TPSA) is 71.5 Å². The Balaban J connectivity index is 1.82. The molecule has 1 aliphatic heterocycles. The molecule has 0 saturated carbocycles. The number of amides is 2. The van der Waals surface area contributed by atoms with Crippen molar-refractivity contribution in [3.63, 3.8) is 0 Å². The summed E-state index contributed by atoms with van der Waals surface area (Å²) < 4.78 is 46.4. The van der Waals surface area contributed by atoms with Gasteiger partial charge in [-0.15, -0.1) is 11.3 Å². The molecule has 0 spiro atoms. The van der Waals surface area contributed by atoms with E-state index in [0.29, 0.717) is 22.9 Å². The average Bonchev–Trinajstić information content (AvgIpc) is 3.49. The van der Waals surface area contributed by atoms with Crippen molar-refractivity contribution >= 4 is 28.8 Å². The molecular weight excluding hydrogens is 491 g/mol. The van der Waals surface area contributed by atoms with Crippen LogP contribution in [0.1, 0.15) is 50.4 Å². The first-order valence-corrected chi connectivity index (χ1v) is 12.4. The van der Waals surface area contributed by atoms with Gasteiger partial charge in [-0.2, -0.15) is 13.2 Å². The molecule has 2 atom stereocenters. The Morgan fingerprint density at radius 1 is 1.17 bits per heavy atom. The number of rotatable bonds is 7. The van der Waals surface area contributed by atoms with Crippen LogP contribution in [0, 0.1) is 13.8 Å². The van der Waals surface area contributed by atoms with Gasteiger partial charge < -0.3 is 10.1 Å². The lowest BCUT2D eigenvalue weighted by atomic mass is 10.0. The van der Waals surface area contributed by atoms with Crippen LogP contribution in [0.2, 0.25) is 0 Å². The number of aryl methyl sites for hydroxylation is 2. The molecule has 2 heterocycles. The van der Waals surface area contributed by atoms with Crippen molar-refractivity contribution in [2.45, 2.75) is 45.0 Å². The minimum absolute atomic E-state index is 0.0404. The van der Waals surface area contributed by atoms with Gasteiger partial charge in [0, 0.05) is 18.8 Å². The van der Waals surface area contributed by atoms with Crippen LogP contribution in [0.4, 0.5) is 18.9 Å². The molecule has 0 bridgehead atoms. The Kier molecular flexibility index (Phi) is 7.75. The lowest BCUT2D eigenvalue weighted by Crippen LogP contribution is -2.45. The second-order valence-corrected chi connectivity index (χ2v) is 9.77. The van der Waals surface area contributed by atoms with E-state index < -0.39 is 29.6 Å². The van der Waals surface area contributed by atoms with Gasteiger partial charge >= 0.3 is 6.18 Å². The number of nitrogens with zero attached hydrogens (tertiary/aromatic N) is 2. The van der Waals surface area contributed by atoms with Gasteiger partial charge in [-0.3, -0.25) is 14.5 Å². The van der Waals surface area contributed by atoms with Gasteiger partial charge in [0.1, 0.15) is 10.9 Å². The van der Waals surface area contributed by atoms with E-state index in [1.807, 2.05) is 0 Å². The summed E-state index contributed by atoms with van der Waals surface area (Å²) in [6.45, 7) is 4.26. The first kappa shape index (κ1) is 25.8. The fourth-order valence-corrected chi connectivity index (χ4v) is 5.08. The molecule has 1 fully saturated rings. The van der Waals surface area contributed by atoms with E-state index in [9.17, 15) is 22.8 Å². The fraction of sp³-hybridized carbons (Fsp3) is 0.346. The third-order valence-corrected chi connectivity index (χ3v) is 6.98. The largest absolute Gasteiger partial charge is 0.416 e. The van der Waals surface area contributed by atoms with E-state index in [1.165, 1.54) is 12.1 Å². The highest BCUT2D eigenvalue weighted by molar-refractivity contribution is 7.13. The van der Waals surface area contributed by atoms with Crippen LogP contribution in [0.5, 0.6) is 0 Å². The first-order valence-electron chi connectivity index (χ1n) is 11.5. The number of hydrogen-bond acceptors (Lipinski definition) is 5. The summed E-state index contributed by atoms with van der Waals surface area (Å²) in [5.41, 5.74) is -0.0407. The Bertz CT molecular complexity index is 1220. The lowest BCUT2D eigenvalue weighted by molar-refractivity contribution is -0.137. The normalized spacial score (nSPS) is 16.5. The van der Waals surface area contributed by atoms with Gasteiger partial charge in [0.15, 0.2) is 0 Å². The number of thiazole rings is 1. The first-order chi connectivity index (χ1) is 17.1. The predicted octanol–water partition coefficient (Wildman–Crippen LogP) is 5.46. The predicted molar refractivity (Wildman–Crippen MR) is 131 cm³/mol. The van der Waals surface area contributed by atoms with E-state index in [1.54, 1.807) is 44.2 Å². The van der Waals surface area contributed by atoms with Crippen molar-refractivity contribution < 1.29 is 27.5 Å². The molecule has 6 nitrogen and oxygen atoms in total. The highest BCUT2D eigenvalue weighted by Gasteiger charge is 2.37. The number of ether oxygens (including phenoxy) is 1. The minimum atomic E-state index is -4.62. The van der Waals surface area contributed by atoms with E-state index >= 15 is 0 Å². The van der Waals surface area contributed by atoms with E-state index in [2.05, 4.69) is 10.3 Å². The van der Waals surface area contributed by atoms with Gasteiger partial charge in [0.2, 0.25) is 5.91 Å². The molecule has 4 rings (SSSR count). The van der Waals surface area contributed by atoms with E-state index in [-0.39, 0.29) is 23.2 Å². The van der Waals surface area contributed by atoms with E-state index in [4.69, 9.17) is 4.74 Å². The van der Waals surface area contributed by atoms with Crippen LogP contribution in [0.25, 0.3) is 0 Å². The molecule has 2 amide bonds. The number of carbonyl (C=O) groups excluding carboxylic acids is 2. The molecule has 1 aliphatic rings. The molecule has 0 aliphatic carbocycles. The molecule has 1 saturated heterocycles. The Morgan fingerprint density at radius 2 is 1.92 bits per heavy atom.